The second kappa shape index (κ2) is 7.99. The van der Waals surface area contributed by atoms with E-state index in [1.807, 2.05) is 24.5 Å². The quantitative estimate of drug-likeness (QED) is 0.610. The van der Waals surface area contributed by atoms with Crippen molar-refractivity contribution >= 4 is 0 Å². The number of pyridine rings is 1. The van der Waals surface area contributed by atoms with E-state index < -0.39 is 11.7 Å². The first-order valence-corrected chi connectivity index (χ1v) is 9.74. The number of nitrogens with zero attached hydrogens (tertiary/aromatic N) is 4. The van der Waals surface area contributed by atoms with Gasteiger partial charge < -0.3 is 4.57 Å². The summed E-state index contributed by atoms with van der Waals surface area (Å²) < 4.78 is 40.6. The molecule has 29 heavy (non-hydrogen) atoms. The molecule has 0 saturated carbocycles. The van der Waals surface area contributed by atoms with Crippen LogP contribution < -0.4 is 0 Å². The summed E-state index contributed by atoms with van der Waals surface area (Å²) >= 11 is 0. The zero-order valence-electron chi connectivity index (χ0n) is 16.2. The lowest BCUT2D eigenvalue weighted by Gasteiger charge is -2.34. The van der Waals surface area contributed by atoms with Crippen LogP contribution in [0.2, 0.25) is 0 Å². The molecule has 0 spiro atoms. The molecule has 1 unspecified atom stereocenters. The molecule has 1 atom stereocenters. The van der Waals surface area contributed by atoms with Gasteiger partial charge in [-0.25, -0.2) is 4.98 Å². The summed E-state index contributed by atoms with van der Waals surface area (Å²) in [5.74, 6) is 0.914. The fraction of sp³-hybridized carbons (Fsp3) is 0.364. The van der Waals surface area contributed by atoms with E-state index in [1.165, 1.54) is 0 Å². The molecule has 0 N–H and O–H groups in total. The van der Waals surface area contributed by atoms with Gasteiger partial charge in [0.15, 0.2) is 0 Å². The smallest absolute Gasteiger partial charge is 0.324 e. The number of aromatic nitrogens is 3. The molecule has 4 nitrogen and oxygen atoms in total. The molecule has 1 fully saturated rings. The molecule has 4 rings (SSSR count). The Kier molecular flexibility index (Phi) is 5.41. The van der Waals surface area contributed by atoms with E-state index in [1.54, 1.807) is 18.3 Å². The standard InChI is InChI=1S/C22H23F3N4/c1-16-12-27-21(18-4-2-10-26-13-18)29(16)20-5-3-11-28(15-20)14-17-6-8-19(9-7-17)22(23,24)25/h2,4,6-10,12-13,20H,3,5,11,14-15H2,1H3. The van der Waals surface area contributed by atoms with Crippen LogP contribution in [-0.2, 0) is 12.7 Å². The van der Waals surface area contributed by atoms with Crippen molar-refractivity contribution in [2.75, 3.05) is 13.1 Å². The minimum Gasteiger partial charge on any atom is -0.324 e. The minimum atomic E-state index is -4.30. The maximum atomic E-state index is 12.8. The number of alkyl halides is 3. The average molecular weight is 400 g/mol. The molecule has 0 radical (unpaired) electrons. The van der Waals surface area contributed by atoms with E-state index in [9.17, 15) is 13.2 Å². The summed E-state index contributed by atoms with van der Waals surface area (Å²) in [6.07, 6.45) is 3.24. The van der Waals surface area contributed by atoms with Crippen molar-refractivity contribution in [3.63, 3.8) is 0 Å². The van der Waals surface area contributed by atoms with Crippen LogP contribution in [0.4, 0.5) is 13.2 Å². The number of hydrogen-bond acceptors (Lipinski definition) is 3. The van der Waals surface area contributed by atoms with Crippen LogP contribution in [0.5, 0.6) is 0 Å². The van der Waals surface area contributed by atoms with Crippen molar-refractivity contribution in [3.05, 3.63) is 71.8 Å². The molecular weight excluding hydrogens is 377 g/mol. The number of piperidine rings is 1. The highest BCUT2D eigenvalue weighted by Gasteiger charge is 2.30. The van der Waals surface area contributed by atoms with Crippen LogP contribution in [0.1, 0.15) is 35.7 Å². The minimum absolute atomic E-state index is 0.274. The first-order valence-electron chi connectivity index (χ1n) is 9.74. The summed E-state index contributed by atoms with van der Waals surface area (Å²) in [6, 6.07) is 9.67. The molecule has 3 aromatic rings. The Morgan fingerprint density at radius 3 is 2.59 bits per heavy atom. The number of rotatable bonds is 4. The zero-order chi connectivity index (χ0) is 20.4. The van der Waals surface area contributed by atoms with Crippen LogP contribution >= 0.6 is 0 Å². The predicted molar refractivity (Wildman–Crippen MR) is 105 cm³/mol. The Morgan fingerprint density at radius 2 is 1.90 bits per heavy atom. The second-order valence-corrected chi connectivity index (χ2v) is 7.56. The molecule has 1 aliphatic heterocycles. The monoisotopic (exact) mass is 400 g/mol. The lowest BCUT2D eigenvalue weighted by molar-refractivity contribution is -0.137. The van der Waals surface area contributed by atoms with Gasteiger partial charge in [-0.15, -0.1) is 0 Å². The first kappa shape index (κ1) is 19.6. The van der Waals surface area contributed by atoms with Crippen LogP contribution in [0.25, 0.3) is 11.4 Å². The maximum Gasteiger partial charge on any atom is 0.416 e. The Balaban J connectivity index is 1.50. The molecule has 0 bridgehead atoms. The number of aryl methyl sites for hydroxylation is 1. The van der Waals surface area contributed by atoms with Crippen molar-refractivity contribution in [1.29, 1.82) is 0 Å². The van der Waals surface area contributed by atoms with Gasteiger partial charge in [0.25, 0.3) is 0 Å². The lowest BCUT2D eigenvalue weighted by Crippen LogP contribution is -2.36. The van der Waals surface area contributed by atoms with Gasteiger partial charge in [-0.2, -0.15) is 13.2 Å². The normalized spacial score (nSPS) is 18.1. The highest BCUT2D eigenvalue weighted by Crippen LogP contribution is 2.31. The third-order valence-electron chi connectivity index (χ3n) is 5.43. The second-order valence-electron chi connectivity index (χ2n) is 7.56. The molecule has 3 heterocycles. The highest BCUT2D eigenvalue weighted by molar-refractivity contribution is 5.54. The van der Waals surface area contributed by atoms with E-state index in [4.69, 9.17) is 0 Å². The fourth-order valence-corrected chi connectivity index (χ4v) is 4.06. The zero-order valence-corrected chi connectivity index (χ0v) is 16.2. The van der Waals surface area contributed by atoms with E-state index in [0.29, 0.717) is 6.54 Å². The summed E-state index contributed by atoms with van der Waals surface area (Å²) in [6.45, 7) is 4.48. The molecule has 1 aliphatic rings. The highest BCUT2D eigenvalue weighted by atomic mass is 19.4. The van der Waals surface area contributed by atoms with Gasteiger partial charge in [0.2, 0.25) is 0 Å². The van der Waals surface area contributed by atoms with Crippen molar-refractivity contribution in [2.24, 2.45) is 0 Å². The topological polar surface area (TPSA) is 34.0 Å². The largest absolute Gasteiger partial charge is 0.416 e. The van der Waals surface area contributed by atoms with Crippen LogP contribution in [0, 0.1) is 6.92 Å². The number of imidazole rings is 1. The average Bonchev–Trinajstić information content (AvgIpc) is 3.10. The molecule has 0 amide bonds. The summed E-state index contributed by atoms with van der Waals surface area (Å²) in [5, 5.41) is 0. The Labute approximate surface area is 168 Å². The van der Waals surface area contributed by atoms with Crippen molar-refractivity contribution < 1.29 is 13.2 Å². The molecule has 152 valence electrons. The molecular formula is C22H23F3N4. The van der Waals surface area contributed by atoms with E-state index in [-0.39, 0.29) is 6.04 Å². The Morgan fingerprint density at radius 1 is 1.10 bits per heavy atom. The predicted octanol–water partition coefficient (Wildman–Crippen LogP) is 5.11. The molecule has 2 aromatic heterocycles. The Hall–Kier alpha value is -2.67. The Bertz CT molecular complexity index is 948. The van der Waals surface area contributed by atoms with E-state index >= 15 is 0 Å². The third-order valence-corrected chi connectivity index (χ3v) is 5.43. The van der Waals surface area contributed by atoms with Crippen molar-refractivity contribution in [3.8, 4) is 11.4 Å². The molecule has 1 aromatic carbocycles. The van der Waals surface area contributed by atoms with Gasteiger partial charge >= 0.3 is 6.18 Å². The maximum absolute atomic E-state index is 12.8. The van der Waals surface area contributed by atoms with E-state index in [2.05, 4.69) is 26.4 Å². The van der Waals surface area contributed by atoms with Gasteiger partial charge in [0.1, 0.15) is 5.82 Å². The number of likely N-dealkylation sites (tertiary alicyclic amines) is 1. The summed E-state index contributed by atoms with van der Waals surface area (Å²) in [7, 11) is 0. The van der Waals surface area contributed by atoms with Gasteiger partial charge in [-0.1, -0.05) is 12.1 Å². The van der Waals surface area contributed by atoms with Crippen molar-refractivity contribution in [1.82, 2.24) is 19.4 Å². The number of halogens is 3. The molecule has 1 saturated heterocycles. The first-order chi connectivity index (χ1) is 13.9. The summed E-state index contributed by atoms with van der Waals surface area (Å²) in [5.41, 5.74) is 2.38. The van der Waals surface area contributed by atoms with Gasteiger partial charge in [0.05, 0.1) is 5.56 Å². The van der Waals surface area contributed by atoms with Crippen LogP contribution in [0.3, 0.4) is 0 Å². The van der Waals surface area contributed by atoms with Crippen LogP contribution in [0.15, 0.2) is 55.0 Å². The van der Waals surface area contributed by atoms with Gasteiger partial charge in [0, 0.05) is 49.0 Å². The van der Waals surface area contributed by atoms with Crippen molar-refractivity contribution in [2.45, 2.75) is 38.5 Å². The van der Waals surface area contributed by atoms with E-state index in [0.717, 1.165) is 60.7 Å². The number of hydrogen-bond donors (Lipinski definition) is 0. The number of benzene rings is 1. The van der Waals surface area contributed by atoms with Gasteiger partial charge in [-0.05, 0) is 56.1 Å². The SMILES string of the molecule is Cc1cnc(-c2cccnc2)n1C1CCCN(Cc2ccc(C(F)(F)F)cc2)C1. The van der Waals surface area contributed by atoms with Gasteiger partial charge in [-0.3, -0.25) is 9.88 Å². The fourth-order valence-electron chi connectivity index (χ4n) is 4.06. The molecule has 7 heteroatoms. The molecule has 0 aliphatic carbocycles. The van der Waals surface area contributed by atoms with Crippen LogP contribution in [-0.4, -0.2) is 32.5 Å². The third kappa shape index (κ3) is 4.34. The lowest BCUT2D eigenvalue weighted by atomic mass is 10.0. The summed E-state index contributed by atoms with van der Waals surface area (Å²) in [4.78, 5) is 11.1.